The predicted molar refractivity (Wildman–Crippen MR) is 124 cm³/mol. The molecule has 2 heterocycles. The normalized spacial score (nSPS) is 22.8. The third kappa shape index (κ3) is 6.93. The van der Waals surface area contributed by atoms with Crippen LogP contribution in [0.5, 0.6) is 5.75 Å². The van der Waals surface area contributed by atoms with Gasteiger partial charge in [0.15, 0.2) is 0 Å². The van der Waals surface area contributed by atoms with Crippen molar-refractivity contribution in [3.05, 3.63) is 46.1 Å². The van der Waals surface area contributed by atoms with Gasteiger partial charge in [0.2, 0.25) is 11.8 Å². The molecule has 1 unspecified atom stereocenters. The van der Waals surface area contributed by atoms with E-state index in [1.54, 1.807) is 6.07 Å². The molecule has 9 nitrogen and oxygen atoms in total. The first-order chi connectivity index (χ1) is 17.2. The molecule has 1 aromatic carbocycles. The van der Waals surface area contributed by atoms with Crippen LogP contribution in [-0.2, 0) is 6.54 Å². The monoisotopic (exact) mass is 512 g/mol. The molecule has 1 atom stereocenters. The third-order valence-electron chi connectivity index (χ3n) is 6.65. The SMILES string of the molecule is O=[N+]([O-])c1cnc(NCc2ccccc2OC(F)(F)F)nc1NCC1CCC(N2CCC(F)C2)CC1. The Hall–Kier alpha value is -3.22. The van der Waals surface area contributed by atoms with Gasteiger partial charge in [0.1, 0.15) is 18.1 Å². The number of aromatic nitrogens is 2. The lowest BCUT2D eigenvalue weighted by Gasteiger charge is -2.34. The molecule has 196 valence electrons. The molecule has 2 N–H and O–H groups in total. The van der Waals surface area contributed by atoms with Gasteiger partial charge in [-0.2, -0.15) is 4.98 Å². The number of nitro groups is 1. The lowest BCUT2D eigenvalue weighted by Crippen LogP contribution is -2.37. The number of hydrogen-bond acceptors (Lipinski definition) is 8. The molecule has 1 aliphatic heterocycles. The van der Waals surface area contributed by atoms with Gasteiger partial charge in [-0.05, 0) is 44.1 Å². The Kier molecular flexibility index (Phi) is 8.07. The Morgan fingerprint density at radius 2 is 1.89 bits per heavy atom. The van der Waals surface area contributed by atoms with Crippen LogP contribution in [0.1, 0.15) is 37.7 Å². The van der Waals surface area contributed by atoms with E-state index in [0.717, 1.165) is 38.4 Å². The van der Waals surface area contributed by atoms with Gasteiger partial charge in [0.05, 0.1) is 4.92 Å². The molecule has 1 saturated carbocycles. The highest BCUT2D eigenvalue weighted by Crippen LogP contribution is 2.31. The summed E-state index contributed by atoms with van der Waals surface area (Å²) in [6.07, 6.45) is -0.162. The molecular weight excluding hydrogens is 484 g/mol. The van der Waals surface area contributed by atoms with Crippen molar-refractivity contribution in [3.63, 3.8) is 0 Å². The summed E-state index contributed by atoms with van der Waals surface area (Å²) in [7, 11) is 0. The van der Waals surface area contributed by atoms with Crippen LogP contribution in [0.3, 0.4) is 0 Å². The topological polar surface area (TPSA) is 105 Å². The van der Waals surface area contributed by atoms with Gasteiger partial charge < -0.3 is 15.4 Å². The first kappa shape index (κ1) is 25.9. The van der Waals surface area contributed by atoms with Crippen molar-refractivity contribution >= 4 is 17.5 Å². The average molecular weight is 513 g/mol. The quantitative estimate of drug-likeness (QED) is 0.277. The molecule has 0 spiro atoms. The van der Waals surface area contributed by atoms with Crippen LogP contribution < -0.4 is 15.4 Å². The molecule has 36 heavy (non-hydrogen) atoms. The van der Waals surface area contributed by atoms with Crippen LogP contribution in [-0.4, -0.2) is 58.0 Å². The zero-order valence-electron chi connectivity index (χ0n) is 19.5. The molecule has 4 rings (SSSR count). The standard InChI is InChI=1S/C23H28F4N6O3/c24-17-9-10-32(14-17)18-7-5-15(6-8-18)11-28-21-19(33(34)35)13-30-22(31-21)29-12-16-3-1-2-4-20(16)36-23(25,26)27/h1-4,13,15,17-18H,5-12,14H2,(H2,28,29,30,31). The third-order valence-corrected chi connectivity index (χ3v) is 6.65. The van der Waals surface area contributed by atoms with E-state index in [1.807, 2.05) is 0 Å². The second-order valence-corrected chi connectivity index (χ2v) is 9.13. The number of para-hydroxylation sites is 1. The average Bonchev–Trinajstić information content (AvgIpc) is 3.27. The first-order valence-electron chi connectivity index (χ1n) is 11.9. The zero-order chi connectivity index (χ0) is 25.7. The van der Waals surface area contributed by atoms with E-state index in [1.165, 1.54) is 18.2 Å². The highest BCUT2D eigenvalue weighted by atomic mass is 19.4. The minimum Gasteiger partial charge on any atom is -0.405 e. The second kappa shape index (κ2) is 11.2. The van der Waals surface area contributed by atoms with Crippen LogP contribution >= 0.6 is 0 Å². The summed E-state index contributed by atoms with van der Waals surface area (Å²) >= 11 is 0. The summed E-state index contributed by atoms with van der Waals surface area (Å²) in [4.78, 5) is 21.2. The Bertz CT molecular complexity index is 1050. The van der Waals surface area contributed by atoms with Crippen molar-refractivity contribution in [2.24, 2.45) is 5.92 Å². The number of nitrogens with one attached hydrogen (secondary N) is 2. The van der Waals surface area contributed by atoms with Crippen molar-refractivity contribution in [2.45, 2.75) is 57.2 Å². The molecular formula is C23H28F4N6O3. The molecule has 2 aliphatic rings. The lowest BCUT2D eigenvalue weighted by atomic mass is 9.85. The number of benzene rings is 1. The van der Waals surface area contributed by atoms with Gasteiger partial charge in [-0.1, -0.05) is 18.2 Å². The molecule has 2 fully saturated rings. The van der Waals surface area contributed by atoms with Crippen molar-refractivity contribution in [2.75, 3.05) is 30.3 Å². The number of anilines is 2. The van der Waals surface area contributed by atoms with Gasteiger partial charge in [0, 0.05) is 37.8 Å². The van der Waals surface area contributed by atoms with Crippen LogP contribution in [0.25, 0.3) is 0 Å². The molecule has 0 radical (unpaired) electrons. The Morgan fingerprint density at radius 1 is 1.14 bits per heavy atom. The van der Waals surface area contributed by atoms with E-state index in [9.17, 15) is 27.7 Å². The second-order valence-electron chi connectivity index (χ2n) is 9.13. The Labute approximate surface area is 205 Å². The van der Waals surface area contributed by atoms with Crippen LogP contribution in [0, 0.1) is 16.0 Å². The fourth-order valence-electron chi connectivity index (χ4n) is 4.80. The predicted octanol–water partition coefficient (Wildman–Crippen LogP) is 4.91. The van der Waals surface area contributed by atoms with Gasteiger partial charge in [-0.15, -0.1) is 13.2 Å². The zero-order valence-corrected chi connectivity index (χ0v) is 19.5. The first-order valence-corrected chi connectivity index (χ1v) is 11.9. The molecule has 0 amide bonds. The van der Waals surface area contributed by atoms with Crippen molar-refractivity contribution in [1.82, 2.24) is 14.9 Å². The van der Waals surface area contributed by atoms with E-state index in [2.05, 4.69) is 30.2 Å². The molecule has 2 aromatic rings. The number of rotatable bonds is 9. The Balaban J connectivity index is 1.35. The molecule has 1 aliphatic carbocycles. The number of ether oxygens (including phenoxy) is 1. The number of alkyl halides is 4. The lowest BCUT2D eigenvalue weighted by molar-refractivity contribution is -0.384. The van der Waals surface area contributed by atoms with Crippen molar-refractivity contribution in [1.29, 1.82) is 0 Å². The highest BCUT2D eigenvalue weighted by molar-refractivity contribution is 5.57. The van der Waals surface area contributed by atoms with Crippen molar-refractivity contribution in [3.8, 4) is 5.75 Å². The van der Waals surface area contributed by atoms with E-state index in [0.29, 0.717) is 31.5 Å². The fourth-order valence-corrected chi connectivity index (χ4v) is 4.80. The van der Waals surface area contributed by atoms with Crippen LogP contribution in [0.2, 0.25) is 0 Å². The van der Waals surface area contributed by atoms with E-state index >= 15 is 0 Å². The maximum absolute atomic E-state index is 13.5. The van der Waals surface area contributed by atoms with Gasteiger partial charge in [-0.3, -0.25) is 15.0 Å². The molecule has 0 bridgehead atoms. The maximum Gasteiger partial charge on any atom is 0.573 e. The summed E-state index contributed by atoms with van der Waals surface area (Å²) in [5, 5.41) is 17.3. The Morgan fingerprint density at radius 3 is 2.56 bits per heavy atom. The van der Waals surface area contributed by atoms with Gasteiger partial charge in [0.25, 0.3) is 0 Å². The smallest absolute Gasteiger partial charge is 0.405 e. The summed E-state index contributed by atoms with van der Waals surface area (Å²) in [5.41, 5.74) is -0.0683. The molecule has 1 saturated heterocycles. The van der Waals surface area contributed by atoms with Crippen LogP contribution in [0.15, 0.2) is 30.5 Å². The van der Waals surface area contributed by atoms with Crippen LogP contribution in [0.4, 0.5) is 35.0 Å². The summed E-state index contributed by atoms with van der Waals surface area (Å²) in [6.45, 7) is 1.70. The number of nitrogens with zero attached hydrogens (tertiary/aromatic N) is 4. The van der Waals surface area contributed by atoms with E-state index < -0.39 is 17.5 Å². The highest BCUT2D eigenvalue weighted by Gasteiger charge is 2.33. The fraction of sp³-hybridized carbons (Fsp3) is 0.565. The van der Waals surface area contributed by atoms with E-state index in [4.69, 9.17) is 0 Å². The number of halogens is 4. The van der Waals surface area contributed by atoms with Gasteiger partial charge >= 0.3 is 12.0 Å². The van der Waals surface area contributed by atoms with Gasteiger partial charge in [-0.25, -0.2) is 9.37 Å². The summed E-state index contributed by atoms with van der Waals surface area (Å²) in [6, 6.07) is 6.03. The molecule has 13 heteroatoms. The number of hydrogen-bond donors (Lipinski definition) is 2. The largest absolute Gasteiger partial charge is 0.573 e. The number of likely N-dealkylation sites (tertiary alicyclic amines) is 1. The summed E-state index contributed by atoms with van der Waals surface area (Å²) < 4.78 is 55.5. The molecule has 1 aromatic heterocycles. The minimum absolute atomic E-state index is 0.0310. The van der Waals surface area contributed by atoms with Crippen molar-refractivity contribution < 1.29 is 27.2 Å². The summed E-state index contributed by atoms with van der Waals surface area (Å²) in [5.74, 6) is 0.00872. The minimum atomic E-state index is -4.83. The maximum atomic E-state index is 13.5. The van der Waals surface area contributed by atoms with E-state index in [-0.39, 0.29) is 35.3 Å².